The number of nitrogens with zero attached hydrogens (tertiary/aromatic N) is 1. The number of hydrogen-bond acceptors (Lipinski definition) is 3. The monoisotopic (exact) mass is 166 g/mol. The topological polar surface area (TPSA) is 63.4 Å². The summed E-state index contributed by atoms with van der Waals surface area (Å²) in [5, 5.41) is 19.6. The summed E-state index contributed by atoms with van der Waals surface area (Å²) in [7, 11) is 0. The molecular weight excluding hydrogens is 158 g/mol. The summed E-state index contributed by atoms with van der Waals surface area (Å²) in [6, 6.07) is 2.82. The van der Waals surface area contributed by atoms with Crippen LogP contribution < -0.4 is 0 Å². The lowest BCUT2D eigenvalue weighted by molar-refractivity contribution is -0.385. The zero-order valence-electron chi connectivity index (χ0n) is 6.57. The molecule has 0 bridgehead atoms. The molecule has 4 nitrogen and oxygen atoms in total. The first kappa shape index (κ1) is 8.52. The van der Waals surface area contributed by atoms with Crippen LogP contribution in [-0.4, -0.2) is 10.0 Å². The van der Waals surface area contributed by atoms with Crippen molar-refractivity contribution in [3.05, 3.63) is 40.3 Å². The first-order chi connectivity index (χ1) is 5.52. The number of aromatic hydroxyl groups is 1. The van der Waals surface area contributed by atoms with Crippen molar-refractivity contribution >= 4 is 5.69 Å². The first-order valence-electron chi connectivity index (χ1n) is 3.32. The molecule has 1 radical (unpaired) electrons. The zero-order chi connectivity index (χ0) is 9.30. The highest BCUT2D eigenvalue weighted by Crippen LogP contribution is 2.29. The van der Waals surface area contributed by atoms with Gasteiger partial charge in [0, 0.05) is 6.07 Å². The van der Waals surface area contributed by atoms with Crippen LogP contribution in [0.4, 0.5) is 5.69 Å². The summed E-state index contributed by atoms with van der Waals surface area (Å²) in [6.07, 6.45) is 0. The van der Waals surface area contributed by atoms with Gasteiger partial charge in [0.15, 0.2) is 5.75 Å². The molecule has 1 rings (SSSR count). The van der Waals surface area contributed by atoms with Gasteiger partial charge in [0.1, 0.15) is 0 Å². The molecule has 63 valence electrons. The van der Waals surface area contributed by atoms with Crippen molar-refractivity contribution in [1.29, 1.82) is 0 Å². The van der Waals surface area contributed by atoms with Gasteiger partial charge in [0.2, 0.25) is 0 Å². The second kappa shape index (κ2) is 2.81. The number of phenols is 1. The lowest BCUT2D eigenvalue weighted by Gasteiger charge is -2.00. The Bertz CT molecular complexity index is 333. The number of phenolic OH excluding ortho intramolecular Hbond substituents is 1. The van der Waals surface area contributed by atoms with Gasteiger partial charge in [0.25, 0.3) is 0 Å². The summed E-state index contributed by atoms with van der Waals surface area (Å²) >= 11 is 0. The van der Waals surface area contributed by atoms with E-state index in [4.69, 9.17) is 0 Å². The minimum atomic E-state index is -0.628. The molecule has 12 heavy (non-hydrogen) atoms. The van der Waals surface area contributed by atoms with Crippen molar-refractivity contribution in [2.75, 3.05) is 0 Å². The second-order valence-electron chi connectivity index (χ2n) is 2.54. The molecule has 0 heterocycles. The van der Waals surface area contributed by atoms with E-state index in [0.29, 0.717) is 11.1 Å². The summed E-state index contributed by atoms with van der Waals surface area (Å²) in [4.78, 5) is 9.72. The van der Waals surface area contributed by atoms with Crippen molar-refractivity contribution in [1.82, 2.24) is 0 Å². The van der Waals surface area contributed by atoms with Gasteiger partial charge in [-0.25, -0.2) is 0 Å². The van der Waals surface area contributed by atoms with E-state index >= 15 is 0 Å². The number of benzene rings is 1. The third kappa shape index (κ3) is 1.37. The van der Waals surface area contributed by atoms with E-state index in [1.165, 1.54) is 6.07 Å². The molecule has 0 spiro atoms. The normalized spacial score (nSPS) is 9.83. The van der Waals surface area contributed by atoms with E-state index < -0.39 is 4.92 Å². The molecule has 1 aromatic rings. The van der Waals surface area contributed by atoms with Crippen LogP contribution in [-0.2, 0) is 0 Å². The minimum Gasteiger partial charge on any atom is -0.502 e. The average molecular weight is 166 g/mol. The molecule has 0 saturated carbocycles. The summed E-state index contributed by atoms with van der Waals surface area (Å²) in [6.45, 7) is 5.14. The number of nitro benzene ring substituents is 1. The number of aryl methyl sites for hydroxylation is 1. The van der Waals surface area contributed by atoms with Crippen LogP contribution in [0.5, 0.6) is 5.75 Å². The first-order valence-corrected chi connectivity index (χ1v) is 3.32. The second-order valence-corrected chi connectivity index (χ2v) is 2.54. The highest BCUT2D eigenvalue weighted by Gasteiger charge is 2.15. The quantitative estimate of drug-likeness (QED) is 0.511. The summed E-state index contributed by atoms with van der Waals surface area (Å²) < 4.78 is 0. The smallest absolute Gasteiger partial charge is 0.311 e. The maximum Gasteiger partial charge on any atom is 0.311 e. The molecule has 0 amide bonds. The molecule has 0 aromatic heterocycles. The Morgan fingerprint density at radius 2 is 2.17 bits per heavy atom. The lowest BCUT2D eigenvalue weighted by Crippen LogP contribution is -1.91. The highest BCUT2D eigenvalue weighted by atomic mass is 16.6. The van der Waals surface area contributed by atoms with E-state index in [2.05, 4.69) is 6.92 Å². The molecule has 0 fully saturated rings. The lowest BCUT2D eigenvalue weighted by atomic mass is 10.1. The molecule has 1 N–H and O–H groups in total. The Balaban J connectivity index is 3.37. The van der Waals surface area contributed by atoms with Crippen molar-refractivity contribution in [3.8, 4) is 5.75 Å². The van der Waals surface area contributed by atoms with Gasteiger partial charge < -0.3 is 5.11 Å². The SMILES string of the molecule is [CH2]c1cc(C)c(O)c([N+](=O)[O-])c1. The van der Waals surface area contributed by atoms with E-state index in [0.717, 1.165) is 0 Å². The van der Waals surface area contributed by atoms with Crippen LogP contribution in [0, 0.1) is 24.0 Å². The van der Waals surface area contributed by atoms with Crippen molar-refractivity contribution in [2.45, 2.75) is 6.92 Å². The Morgan fingerprint density at radius 1 is 1.58 bits per heavy atom. The van der Waals surface area contributed by atoms with Crippen molar-refractivity contribution in [3.63, 3.8) is 0 Å². The fourth-order valence-corrected chi connectivity index (χ4v) is 0.973. The predicted molar refractivity (Wildman–Crippen MR) is 44.0 cm³/mol. The van der Waals surface area contributed by atoms with E-state index in [1.54, 1.807) is 13.0 Å². The van der Waals surface area contributed by atoms with E-state index in [1.807, 2.05) is 0 Å². The molecule has 0 atom stereocenters. The molecule has 0 aliphatic rings. The van der Waals surface area contributed by atoms with E-state index in [-0.39, 0.29) is 11.4 Å². The largest absolute Gasteiger partial charge is 0.502 e. The Hall–Kier alpha value is -1.58. The summed E-state index contributed by atoms with van der Waals surface area (Å²) in [5.74, 6) is -0.285. The van der Waals surface area contributed by atoms with Gasteiger partial charge in [-0.1, -0.05) is 6.07 Å². The van der Waals surface area contributed by atoms with Gasteiger partial charge >= 0.3 is 5.69 Å². The van der Waals surface area contributed by atoms with Crippen LogP contribution in [0.15, 0.2) is 12.1 Å². The Morgan fingerprint density at radius 3 is 2.67 bits per heavy atom. The van der Waals surface area contributed by atoms with Crippen LogP contribution in [0.25, 0.3) is 0 Å². The third-order valence-electron chi connectivity index (χ3n) is 1.54. The van der Waals surface area contributed by atoms with Crippen molar-refractivity contribution in [2.24, 2.45) is 0 Å². The van der Waals surface area contributed by atoms with Crippen LogP contribution in [0.3, 0.4) is 0 Å². The molecule has 4 heteroatoms. The van der Waals surface area contributed by atoms with Crippen molar-refractivity contribution < 1.29 is 10.0 Å². The average Bonchev–Trinajstić information content (AvgIpc) is 1.96. The summed E-state index contributed by atoms with van der Waals surface area (Å²) in [5.41, 5.74) is 0.700. The minimum absolute atomic E-state index is 0.285. The van der Waals surface area contributed by atoms with Crippen LogP contribution in [0.2, 0.25) is 0 Å². The molecule has 0 unspecified atom stereocenters. The Kier molecular flexibility index (Phi) is 1.99. The molecule has 0 aliphatic heterocycles. The number of rotatable bonds is 1. The standard InChI is InChI=1S/C8H8NO3/c1-5-3-6(2)8(10)7(4-5)9(11)12/h3-4,10H,1H2,2H3. The fourth-order valence-electron chi connectivity index (χ4n) is 0.973. The van der Waals surface area contributed by atoms with Gasteiger partial charge in [-0.3, -0.25) is 10.1 Å². The maximum atomic E-state index is 10.3. The van der Waals surface area contributed by atoms with Gasteiger partial charge in [-0.05, 0) is 25.0 Å². The van der Waals surface area contributed by atoms with Gasteiger partial charge in [-0.2, -0.15) is 0 Å². The molecule has 0 aliphatic carbocycles. The van der Waals surface area contributed by atoms with Crippen LogP contribution >= 0.6 is 0 Å². The van der Waals surface area contributed by atoms with Gasteiger partial charge in [-0.15, -0.1) is 0 Å². The fraction of sp³-hybridized carbons (Fsp3) is 0.125. The third-order valence-corrected chi connectivity index (χ3v) is 1.54. The highest BCUT2D eigenvalue weighted by molar-refractivity contribution is 5.53. The molecule has 1 aromatic carbocycles. The predicted octanol–water partition coefficient (Wildman–Crippen LogP) is 1.79. The molecular formula is C8H8NO3. The van der Waals surface area contributed by atoms with Crippen LogP contribution in [0.1, 0.15) is 11.1 Å². The van der Waals surface area contributed by atoms with E-state index in [9.17, 15) is 15.2 Å². The number of nitro groups is 1. The zero-order valence-corrected chi connectivity index (χ0v) is 6.57. The molecule has 0 saturated heterocycles. The Labute approximate surface area is 69.6 Å². The number of hydrogen-bond donors (Lipinski definition) is 1. The maximum absolute atomic E-state index is 10.3. The van der Waals surface area contributed by atoms with Gasteiger partial charge in [0.05, 0.1) is 4.92 Å².